The molecule has 0 spiro atoms. The van der Waals surface area contributed by atoms with Gasteiger partial charge in [0, 0.05) is 5.82 Å². The van der Waals surface area contributed by atoms with Gasteiger partial charge in [-0.1, -0.05) is 0 Å². The Labute approximate surface area is 42.6 Å². The van der Waals surface area contributed by atoms with Crippen LogP contribution in [0.4, 0.5) is 4.39 Å². The first-order valence-corrected chi connectivity index (χ1v) is 4.56. The van der Waals surface area contributed by atoms with E-state index in [9.17, 15) is 8.96 Å². The van der Waals surface area contributed by atoms with Crippen LogP contribution in [-0.2, 0) is 4.57 Å². The molecule has 3 heteroatoms. The highest BCUT2D eigenvalue weighted by atomic mass is 31.2. The lowest BCUT2D eigenvalue weighted by atomic mass is 11.2. The maximum Gasteiger partial charge on any atom is 0.105 e. The molecular formula is C4H8FOP. The van der Waals surface area contributed by atoms with Crippen molar-refractivity contribution in [2.45, 2.75) is 0 Å². The van der Waals surface area contributed by atoms with Gasteiger partial charge in [-0.3, -0.25) is 0 Å². The molecule has 0 aliphatic carbocycles. The largest absolute Gasteiger partial charge is 0.320 e. The molecule has 0 fully saturated rings. The fourth-order valence-electron chi connectivity index (χ4n) is 0.136. The van der Waals surface area contributed by atoms with Crippen LogP contribution in [0.3, 0.4) is 0 Å². The Kier molecular flexibility index (Phi) is 2.24. The summed E-state index contributed by atoms with van der Waals surface area (Å²) < 4.78 is 21.6. The van der Waals surface area contributed by atoms with E-state index in [0.717, 1.165) is 5.82 Å². The van der Waals surface area contributed by atoms with E-state index in [1.165, 1.54) is 13.3 Å². The summed E-state index contributed by atoms with van der Waals surface area (Å²) in [4.78, 5) is 0. The van der Waals surface area contributed by atoms with Crippen LogP contribution in [0.15, 0.2) is 12.1 Å². The van der Waals surface area contributed by atoms with Crippen molar-refractivity contribution in [2.75, 3.05) is 13.3 Å². The Balaban J connectivity index is 3.82. The third-order valence-corrected chi connectivity index (χ3v) is 1.25. The molecule has 0 aliphatic rings. The van der Waals surface area contributed by atoms with E-state index in [4.69, 9.17) is 0 Å². The van der Waals surface area contributed by atoms with Crippen LogP contribution >= 0.6 is 7.14 Å². The van der Waals surface area contributed by atoms with E-state index in [2.05, 4.69) is 0 Å². The van der Waals surface area contributed by atoms with Crippen molar-refractivity contribution in [1.29, 1.82) is 0 Å². The van der Waals surface area contributed by atoms with E-state index < -0.39 is 7.14 Å². The van der Waals surface area contributed by atoms with Gasteiger partial charge in [0.15, 0.2) is 0 Å². The van der Waals surface area contributed by atoms with Crippen LogP contribution in [-0.4, -0.2) is 13.3 Å². The summed E-state index contributed by atoms with van der Waals surface area (Å²) in [6.07, 6.45) is 0.320. The molecule has 0 aromatic carbocycles. The molecule has 0 saturated carbocycles. The van der Waals surface area contributed by atoms with Crippen molar-refractivity contribution >= 4 is 7.14 Å². The second kappa shape index (κ2) is 2.27. The Bertz CT molecular complexity index is 113. The molecule has 0 atom stereocenters. The number of hydrogen-bond donors (Lipinski definition) is 0. The van der Waals surface area contributed by atoms with E-state index in [1.54, 1.807) is 0 Å². The molecule has 0 saturated heterocycles. The molecule has 0 aromatic rings. The van der Waals surface area contributed by atoms with Gasteiger partial charge in [-0.2, -0.15) is 0 Å². The zero-order valence-electron chi connectivity index (χ0n) is 4.39. The van der Waals surface area contributed by atoms with E-state index in [-0.39, 0.29) is 0 Å². The Morgan fingerprint density at radius 2 is 2.00 bits per heavy atom. The SMILES string of the molecule is CP(C)(=O)C=CF. The minimum absolute atomic E-state index is 0.320. The van der Waals surface area contributed by atoms with E-state index >= 15 is 0 Å². The van der Waals surface area contributed by atoms with Gasteiger partial charge in [0.05, 0.1) is 6.33 Å². The first kappa shape index (κ1) is 6.90. The van der Waals surface area contributed by atoms with Crippen molar-refractivity contribution in [3.05, 3.63) is 12.1 Å². The fourth-order valence-corrected chi connectivity index (χ4v) is 0.407. The van der Waals surface area contributed by atoms with Gasteiger partial charge >= 0.3 is 0 Å². The van der Waals surface area contributed by atoms with Crippen molar-refractivity contribution in [2.24, 2.45) is 0 Å². The summed E-state index contributed by atoms with van der Waals surface area (Å²) in [6.45, 7) is 3.01. The van der Waals surface area contributed by atoms with Gasteiger partial charge in [0.2, 0.25) is 0 Å². The van der Waals surface area contributed by atoms with Crippen LogP contribution < -0.4 is 0 Å². The number of rotatable bonds is 1. The van der Waals surface area contributed by atoms with Crippen LogP contribution in [0.5, 0.6) is 0 Å². The molecule has 0 radical (unpaired) electrons. The molecule has 0 heterocycles. The third-order valence-electron chi connectivity index (χ3n) is 0.415. The highest BCUT2D eigenvalue weighted by Gasteiger charge is 1.96. The average Bonchev–Trinajstić information content (AvgIpc) is 1.30. The molecule has 0 amide bonds. The Morgan fingerprint density at radius 3 is 2.00 bits per heavy atom. The number of halogens is 1. The highest BCUT2D eigenvalue weighted by Crippen LogP contribution is 2.37. The average molecular weight is 122 g/mol. The molecule has 0 aromatic heterocycles. The maximum atomic E-state index is 11.1. The smallest absolute Gasteiger partial charge is 0.105 e. The summed E-state index contributed by atoms with van der Waals surface area (Å²) in [5, 5.41) is 0. The normalized spacial score (nSPS) is 13.0. The first-order chi connectivity index (χ1) is 3.06. The molecule has 0 N–H and O–H groups in total. The van der Waals surface area contributed by atoms with Gasteiger partial charge in [0.1, 0.15) is 7.14 Å². The molecule has 1 nitrogen and oxygen atoms in total. The summed E-state index contributed by atoms with van der Waals surface area (Å²) in [7, 11) is -2.22. The van der Waals surface area contributed by atoms with Crippen molar-refractivity contribution in [3.8, 4) is 0 Å². The Morgan fingerprint density at radius 1 is 1.57 bits per heavy atom. The topological polar surface area (TPSA) is 17.1 Å². The summed E-state index contributed by atoms with van der Waals surface area (Å²) in [5.74, 6) is 1.08. The zero-order valence-corrected chi connectivity index (χ0v) is 5.28. The van der Waals surface area contributed by atoms with Gasteiger partial charge < -0.3 is 4.57 Å². The van der Waals surface area contributed by atoms with Crippen molar-refractivity contribution < 1.29 is 8.96 Å². The predicted octanol–water partition coefficient (Wildman–Crippen LogP) is 2.05. The van der Waals surface area contributed by atoms with E-state index in [0.29, 0.717) is 6.33 Å². The van der Waals surface area contributed by atoms with Crippen LogP contribution in [0.1, 0.15) is 0 Å². The predicted molar refractivity (Wildman–Crippen MR) is 29.7 cm³/mol. The maximum absolute atomic E-state index is 11.1. The van der Waals surface area contributed by atoms with Crippen molar-refractivity contribution in [3.63, 3.8) is 0 Å². The zero-order chi connectivity index (χ0) is 5.91. The van der Waals surface area contributed by atoms with Gasteiger partial charge in [-0.15, -0.1) is 0 Å². The highest BCUT2D eigenvalue weighted by molar-refractivity contribution is 7.65. The first-order valence-electron chi connectivity index (χ1n) is 1.89. The fraction of sp³-hybridized carbons (Fsp3) is 0.500. The van der Waals surface area contributed by atoms with Crippen LogP contribution in [0.25, 0.3) is 0 Å². The third kappa shape index (κ3) is 5.90. The molecule has 0 bridgehead atoms. The van der Waals surface area contributed by atoms with Gasteiger partial charge in [-0.05, 0) is 13.3 Å². The Hall–Kier alpha value is -0.100. The van der Waals surface area contributed by atoms with Crippen LogP contribution in [0.2, 0.25) is 0 Å². The lowest BCUT2D eigenvalue weighted by molar-refractivity contribution is 0.587. The van der Waals surface area contributed by atoms with E-state index in [1.807, 2.05) is 0 Å². The minimum Gasteiger partial charge on any atom is -0.320 e. The van der Waals surface area contributed by atoms with Crippen molar-refractivity contribution in [1.82, 2.24) is 0 Å². The molecule has 0 unspecified atom stereocenters. The van der Waals surface area contributed by atoms with Gasteiger partial charge in [0.25, 0.3) is 0 Å². The summed E-state index contributed by atoms with van der Waals surface area (Å²) >= 11 is 0. The summed E-state index contributed by atoms with van der Waals surface area (Å²) in [5.41, 5.74) is 0. The minimum atomic E-state index is -2.22. The molecule has 0 aliphatic heterocycles. The quantitative estimate of drug-likeness (QED) is 0.486. The lowest BCUT2D eigenvalue weighted by Crippen LogP contribution is -1.61. The van der Waals surface area contributed by atoms with Crippen LogP contribution in [0, 0.1) is 0 Å². The standard InChI is InChI=1S/C4H8FOP/c1-7(2,6)4-3-5/h3-4H,1-2H3. The molecule has 42 valence electrons. The molecule has 7 heavy (non-hydrogen) atoms. The second-order valence-electron chi connectivity index (χ2n) is 1.71. The summed E-state index contributed by atoms with van der Waals surface area (Å²) in [6, 6.07) is 0. The molecular weight excluding hydrogens is 114 g/mol. The monoisotopic (exact) mass is 122 g/mol. The molecule has 0 rings (SSSR count). The lowest BCUT2D eigenvalue weighted by Gasteiger charge is -1.91. The number of hydrogen-bond acceptors (Lipinski definition) is 1. The van der Waals surface area contributed by atoms with Gasteiger partial charge in [-0.25, -0.2) is 4.39 Å². The second-order valence-corrected chi connectivity index (χ2v) is 4.88.